The molecule has 2 fully saturated rings. The Morgan fingerprint density at radius 3 is 2.57 bits per heavy atom. The van der Waals surface area contributed by atoms with E-state index in [0.29, 0.717) is 11.7 Å². The Balaban J connectivity index is 1.77. The minimum atomic E-state index is -0.0615. The van der Waals surface area contributed by atoms with E-state index in [9.17, 15) is 5.11 Å². The summed E-state index contributed by atoms with van der Waals surface area (Å²) in [6.07, 6.45) is 12.9. The van der Waals surface area contributed by atoms with Crippen LogP contribution < -0.4 is 5.73 Å². The smallest absolute Gasteiger partial charge is 0.115 e. The first-order valence-corrected chi connectivity index (χ1v) is 8.74. The molecule has 2 atom stereocenters. The third kappa shape index (κ3) is 3.42. The van der Waals surface area contributed by atoms with E-state index >= 15 is 0 Å². The molecule has 21 heavy (non-hydrogen) atoms. The summed E-state index contributed by atoms with van der Waals surface area (Å²) < 4.78 is 0. The van der Waals surface area contributed by atoms with Gasteiger partial charge >= 0.3 is 0 Å². The van der Waals surface area contributed by atoms with Gasteiger partial charge in [0.2, 0.25) is 0 Å². The Morgan fingerprint density at radius 1 is 1.05 bits per heavy atom. The lowest BCUT2D eigenvalue weighted by Crippen LogP contribution is -2.53. The van der Waals surface area contributed by atoms with Crippen molar-refractivity contribution in [1.82, 2.24) is 0 Å². The Hall–Kier alpha value is -1.02. The van der Waals surface area contributed by atoms with Crippen molar-refractivity contribution in [3.63, 3.8) is 0 Å². The van der Waals surface area contributed by atoms with Crippen molar-refractivity contribution in [3.8, 4) is 5.75 Å². The predicted octanol–water partition coefficient (Wildman–Crippen LogP) is 4.40. The molecule has 3 N–H and O–H groups in total. The first-order valence-electron chi connectivity index (χ1n) is 8.74. The van der Waals surface area contributed by atoms with Gasteiger partial charge in [-0.25, -0.2) is 0 Å². The van der Waals surface area contributed by atoms with Crippen LogP contribution in [-0.2, 0) is 6.42 Å². The molecule has 2 saturated carbocycles. The molecule has 0 aliphatic heterocycles. The third-order valence-electron chi connectivity index (χ3n) is 5.81. The Bertz CT molecular complexity index is 466. The first-order chi connectivity index (χ1) is 10.2. The van der Waals surface area contributed by atoms with E-state index in [4.69, 9.17) is 5.73 Å². The molecule has 0 bridgehead atoms. The van der Waals surface area contributed by atoms with Crippen molar-refractivity contribution in [3.05, 3.63) is 29.8 Å². The highest BCUT2D eigenvalue weighted by molar-refractivity contribution is 5.29. The number of aromatic hydroxyl groups is 1. The number of hydrogen-bond donors (Lipinski definition) is 2. The summed E-state index contributed by atoms with van der Waals surface area (Å²) in [5.74, 6) is 1.87. The molecule has 0 aromatic heterocycles. The maximum atomic E-state index is 9.70. The van der Waals surface area contributed by atoms with Crippen LogP contribution in [0.2, 0.25) is 0 Å². The van der Waals surface area contributed by atoms with E-state index < -0.39 is 0 Å². The molecule has 0 heterocycles. The summed E-state index contributed by atoms with van der Waals surface area (Å²) >= 11 is 0. The summed E-state index contributed by atoms with van der Waals surface area (Å²) in [4.78, 5) is 0. The normalized spacial score (nSPS) is 31.2. The van der Waals surface area contributed by atoms with Crippen LogP contribution >= 0.6 is 0 Å². The van der Waals surface area contributed by atoms with Crippen LogP contribution in [0.5, 0.6) is 5.75 Å². The van der Waals surface area contributed by atoms with Crippen LogP contribution in [0.3, 0.4) is 0 Å². The van der Waals surface area contributed by atoms with Gasteiger partial charge in [-0.3, -0.25) is 0 Å². The third-order valence-corrected chi connectivity index (χ3v) is 5.81. The zero-order valence-electron chi connectivity index (χ0n) is 13.1. The van der Waals surface area contributed by atoms with Crippen LogP contribution in [0.25, 0.3) is 0 Å². The average Bonchev–Trinajstić information content (AvgIpc) is 2.48. The van der Waals surface area contributed by atoms with Gasteiger partial charge in [0.05, 0.1) is 0 Å². The van der Waals surface area contributed by atoms with E-state index in [-0.39, 0.29) is 5.54 Å². The second-order valence-electron chi connectivity index (χ2n) is 7.33. The van der Waals surface area contributed by atoms with Crippen LogP contribution in [0.4, 0.5) is 0 Å². The van der Waals surface area contributed by atoms with Gasteiger partial charge < -0.3 is 10.8 Å². The van der Waals surface area contributed by atoms with Gasteiger partial charge in [0.25, 0.3) is 0 Å². The van der Waals surface area contributed by atoms with E-state index in [1.165, 1.54) is 56.9 Å². The van der Waals surface area contributed by atoms with Crippen molar-refractivity contribution in [2.24, 2.45) is 17.6 Å². The van der Waals surface area contributed by atoms with E-state index in [1.807, 2.05) is 12.1 Å². The van der Waals surface area contributed by atoms with Gasteiger partial charge in [-0.15, -0.1) is 0 Å². The SMILES string of the molecule is NC1(Cc2cccc(O)c2)CCCCC1C1CCCCC1. The summed E-state index contributed by atoms with van der Waals surface area (Å²) in [7, 11) is 0. The van der Waals surface area contributed by atoms with Gasteiger partial charge in [0, 0.05) is 5.54 Å². The number of nitrogens with two attached hydrogens (primary N) is 1. The average molecular weight is 287 g/mol. The second-order valence-corrected chi connectivity index (χ2v) is 7.33. The van der Waals surface area contributed by atoms with Crippen LogP contribution in [0.15, 0.2) is 24.3 Å². The Kier molecular flexibility index (Phi) is 4.54. The minimum Gasteiger partial charge on any atom is -0.508 e. The summed E-state index contributed by atoms with van der Waals surface area (Å²) in [6.45, 7) is 0. The number of phenolic OH excluding ortho intramolecular Hbond substituents is 1. The molecule has 2 unspecified atom stereocenters. The second kappa shape index (κ2) is 6.39. The van der Waals surface area contributed by atoms with Gasteiger partial charge in [-0.1, -0.05) is 57.1 Å². The van der Waals surface area contributed by atoms with Crippen LogP contribution in [-0.4, -0.2) is 10.6 Å². The van der Waals surface area contributed by atoms with E-state index in [1.54, 1.807) is 6.07 Å². The van der Waals surface area contributed by atoms with Gasteiger partial charge in [0.1, 0.15) is 5.75 Å². The number of benzene rings is 1. The van der Waals surface area contributed by atoms with Gasteiger partial charge in [0.15, 0.2) is 0 Å². The maximum Gasteiger partial charge on any atom is 0.115 e. The molecular weight excluding hydrogens is 258 g/mol. The summed E-state index contributed by atoms with van der Waals surface area (Å²) in [5, 5.41) is 9.70. The number of phenols is 1. The zero-order valence-corrected chi connectivity index (χ0v) is 13.1. The molecule has 0 saturated heterocycles. The van der Waals surface area contributed by atoms with Gasteiger partial charge in [-0.2, -0.15) is 0 Å². The van der Waals surface area contributed by atoms with E-state index in [0.717, 1.165) is 18.8 Å². The highest BCUT2D eigenvalue weighted by Gasteiger charge is 2.41. The van der Waals surface area contributed by atoms with Crippen molar-refractivity contribution in [2.75, 3.05) is 0 Å². The van der Waals surface area contributed by atoms with Crippen LogP contribution in [0, 0.1) is 11.8 Å². The lowest BCUT2D eigenvalue weighted by atomic mass is 9.62. The van der Waals surface area contributed by atoms with Gasteiger partial charge in [-0.05, 0) is 48.8 Å². The molecule has 0 amide bonds. The highest BCUT2D eigenvalue weighted by Crippen LogP contribution is 2.44. The fourth-order valence-electron chi connectivity index (χ4n) is 4.80. The van der Waals surface area contributed by atoms with Crippen LogP contribution in [0.1, 0.15) is 63.4 Å². The minimum absolute atomic E-state index is 0.0615. The predicted molar refractivity (Wildman–Crippen MR) is 87.3 cm³/mol. The molecule has 2 aliphatic carbocycles. The van der Waals surface area contributed by atoms with Crippen molar-refractivity contribution >= 4 is 0 Å². The zero-order chi connectivity index (χ0) is 14.7. The number of rotatable bonds is 3. The molecule has 2 aliphatic rings. The molecule has 1 aromatic carbocycles. The highest BCUT2D eigenvalue weighted by atomic mass is 16.3. The van der Waals surface area contributed by atoms with Crippen molar-refractivity contribution < 1.29 is 5.11 Å². The standard InChI is InChI=1S/C19H29NO/c20-19(14-15-7-6-10-17(21)13-15)12-5-4-11-18(19)16-8-2-1-3-9-16/h6-7,10,13,16,18,21H,1-5,8-9,11-12,14,20H2. The Morgan fingerprint density at radius 2 is 1.81 bits per heavy atom. The quantitative estimate of drug-likeness (QED) is 0.865. The monoisotopic (exact) mass is 287 g/mol. The fourth-order valence-corrected chi connectivity index (χ4v) is 4.80. The van der Waals surface area contributed by atoms with Crippen molar-refractivity contribution in [1.29, 1.82) is 0 Å². The molecule has 2 heteroatoms. The fraction of sp³-hybridized carbons (Fsp3) is 0.684. The van der Waals surface area contributed by atoms with Crippen molar-refractivity contribution in [2.45, 2.75) is 69.7 Å². The topological polar surface area (TPSA) is 46.2 Å². The molecule has 1 aromatic rings. The first kappa shape index (κ1) is 14.9. The molecule has 3 rings (SSSR count). The molecule has 2 nitrogen and oxygen atoms in total. The molecular formula is C19H29NO. The molecule has 0 radical (unpaired) electrons. The lowest BCUT2D eigenvalue weighted by molar-refractivity contribution is 0.0995. The molecule has 0 spiro atoms. The maximum absolute atomic E-state index is 9.70. The van der Waals surface area contributed by atoms with E-state index in [2.05, 4.69) is 6.07 Å². The Labute approximate surface area is 128 Å². The largest absolute Gasteiger partial charge is 0.508 e. The number of hydrogen-bond acceptors (Lipinski definition) is 2. The lowest BCUT2D eigenvalue weighted by Gasteiger charge is -2.46. The summed E-state index contributed by atoms with van der Waals surface area (Å²) in [5.41, 5.74) is 8.07. The molecule has 116 valence electrons. The summed E-state index contributed by atoms with van der Waals surface area (Å²) in [6, 6.07) is 7.68.